The summed E-state index contributed by atoms with van der Waals surface area (Å²) in [5, 5.41) is 0.560. The van der Waals surface area contributed by atoms with Gasteiger partial charge in [0, 0.05) is 6.54 Å². The number of rotatable bonds is 4. The van der Waals surface area contributed by atoms with E-state index in [-0.39, 0.29) is 23.7 Å². The van der Waals surface area contributed by atoms with Gasteiger partial charge in [-0.25, -0.2) is 4.98 Å². The zero-order valence-corrected chi connectivity index (χ0v) is 14.0. The van der Waals surface area contributed by atoms with Crippen LogP contribution in [0.2, 0.25) is 0 Å². The smallest absolute Gasteiger partial charge is 0.219 e. The highest BCUT2D eigenvalue weighted by atomic mass is 32.1. The lowest BCUT2D eigenvalue weighted by Gasteiger charge is -2.14. The summed E-state index contributed by atoms with van der Waals surface area (Å²) >= 11 is 1.20. The number of thiazole rings is 1. The first-order chi connectivity index (χ1) is 11.7. The van der Waals surface area contributed by atoms with Gasteiger partial charge >= 0.3 is 0 Å². The standard InChI is InChI=1S/C17H17N3O3S/c21-12-10-11(18-5-8-20-6-1-2-7-20)15(22)16-14(12)19-17(24-16)13-4-3-9-23-13/h3-4,9H,1-2,5-8,10H2. The molecule has 0 aromatic carbocycles. The number of carbonyl (C=O) groups excluding carboxylic acids is 2. The van der Waals surface area contributed by atoms with Gasteiger partial charge in [0.05, 0.1) is 24.9 Å². The molecule has 0 saturated carbocycles. The van der Waals surface area contributed by atoms with E-state index in [0.717, 1.165) is 19.6 Å². The van der Waals surface area contributed by atoms with E-state index in [9.17, 15) is 9.59 Å². The highest BCUT2D eigenvalue weighted by molar-refractivity contribution is 7.18. The molecule has 0 spiro atoms. The molecule has 0 N–H and O–H groups in total. The van der Waals surface area contributed by atoms with Crippen molar-refractivity contribution in [3.05, 3.63) is 29.0 Å². The zero-order valence-electron chi connectivity index (χ0n) is 13.2. The largest absolute Gasteiger partial charge is 0.462 e. The number of furan rings is 1. The Kier molecular flexibility index (Phi) is 4.12. The maximum atomic E-state index is 12.6. The molecule has 1 fully saturated rings. The Morgan fingerprint density at radius 2 is 2.12 bits per heavy atom. The molecule has 1 aliphatic heterocycles. The third-order valence-corrected chi connectivity index (χ3v) is 5.41. The third-order valence-electron chi connectivity index (χ3n) is 4.34. The summed E-state index contributed by atoms with van der Waals surface area (Å²) in [6.45, 7) is 3.61. The maximum Gasteiger partial charge on any atom is 0.219 e. The lowest BCUT2D eigenvalue weighted by atomic mass is 9.98. The summed E-state index contributed by atoms with van der Waals surface area (Å²) < 4.78 is 5.31. The molecular formula is C17H17N3O3S. The molecule has 24 heavy (non-hydrogen) atoms. The lowest BCUT2D eigenvalue weighted by molar-refractivity contribution is 0.0963. The van der Waals surface area contributed by atoms with Crippen molar-refractivity contribution in [2.24, 2.45) is 4.99 Å². The van der Waals surface area contributed by atoms with E-state index in [1.54, 1.807) is 18.4 Å². The van der Waals surface area contributed by atoms with E-state index >= 15 is 0 Å². The maximum absolute atomic E-state index is 12.6. The number of ketones is 2. The molecule has 3 heterocycles. The highest BCUT2D eigenvalue weighted by Crippen LogP contribution is 2.32. The van der Waals surface area contributed by atoms with E-state index < -0.39 is 0 Å². The number of aromatic nitrogens is 1. The molecule has 0 atom stereocenters. The van der Waals surface area contributed by atoms with Gasteiger partial charge in [0.15, 0.2) is 16.6 Å². The minimum atomic E-state index is -0.165. The normalized spacial score (nSPS) is 20.1. The van der Waals surface area contributed by atoms with E-state index in [4.69, 9.17) is 4.42 Å². The number of aliphatic imine (C=N–C) groups is 1. The van der Waals surface area contributed by atoms with Crippen molar-refractivity contribution in [2.45, 2.75) is 19.3 Å². The van der Waals surface area contributed by atoms with Crippen LogP contribution < -0.4 is 0 Å². The predicted molar refractivity (Wildman–Crippen MR) is 91.1 cm³/mol. The number of Topliss-reactive ketones (excluding diaryl/α,β-unsaturated/α-hetero) is 2. The Morgan fingerprint density at radius 1 is 1.29 bits per heavy atom. The fourth-order valence-electron chi connectivity index (χ4n) is 3.08. The molecular weight excluding hydrogens is 326 g/mol. The minimum Gasteiger partial charge on any atom is -0.462 e. The Labute approximate surface area is 143 Å². The van der Waals surface area contributed by atoms with Crippen LogP contribution in [0.25, 0.3) is 10.8 Å². The van der Waals surface area contributed by atoms with Crippen LogP contribution in [0, 0.1) is 0 Å². The Morgan fingerprint density at radius 3 is 2.88 bits per heavy atom. The molecule has 1 aliphatic carbocycles. The van der Waals surface area contributed by atoms with E-state index in [2.05, 4.69) is 14.9 Å². The first kappa shape index (κ1) is 15.4. The highest BCUT2D eigenvalue weighted by Gasteiger charge is 2.33. The molecule has 0 unspecified atom stereocenters. The summed E-state index contributed by atoms with van der Waals surface area (Å²) in [7, 11) is 0. The van der Waals surface area contributed by atoms with Crippen molar-refractivity contribution < 1.29 is 14.0 Å². The first-order valence-corrected chi connectivity index (χ1v) is 8.92. The quantitative estimate of drug-likeness (QED) is 0.853. The molecule has 2 aromatic rings. The average molecular weight is 343 g/mol. The Hall–Kier alpha value is -2.12. The summed E-state index contributed by atoms with van der Waals surface area (Å²) in [6.07, 6.45) is 4.05. The molecule has 0 bridgehead atoms. The van der Waals surface area contributed by atoms with Gasteiger partial charge in [0.1, 0.15) is 10.6 Å². The number of carbonyl (C=O) groups is 2. The van der Waals surface area contributed by atoms with Crippen LogP contribution in [0.5, 0.6) is 0 Å². The van der Waals surface area contributed by atoms with Crippen molar-refractivity contribution in [3.8, 4) is 10.8 Å². The van der Waals surface area contributed by atoms with Gasteiger partial charge in [-0.1, -0.05) is 0 Å². The van der Waals surface area contributed by atoms with Crippen molar-refractivity contribution >= 4 is 28.6 Å². The van der Waals surface area contributed by atoms with Crippen molar-refractivity contribution in [3.63, 3.8) is 0 Å². The number of likely N-dealkylation sites (tertiary alicyclic amines) is 1. The van der Waals surface area contributed by atoms with Crippen LogP contribution in [-0.4, -0.2) is 53.3 Å². The third kappa shape index (κ3) is 2.85. The second kappa shape index (κ2) is 6.41. The Balaban J connectivity index is 1.54. The second-order valence-corrected chi connectivity index (χ2v) is 6.98. The van der Waals surface area contributed by atoms with Crippen LogP contribution in [0.15, 0.2) is 27.8 Å². The Bertz CT molecular complexity index is 801. The fourth-order valence-corrected chi connectivity index (χ4v) is 4.09. The van der Waals surface area contributed by atoms with Gasteiger partial charge in [-0.3, -0.25) is 14.6 Å². The van der Waals surface area contributed by atoms with Crippen LogP contribution in [0.3, 0.4) is 0 Å². The zero-order chi connectivity index (χ0) is 16.5. The van der Waals surface area contributed by atoms with Gasteiger partial charge < -0.3 is 9.32 Å². The van der Waals surface area contributed by atoms with Gasteiger partial charge in [0.25, 0.3) is 0 Å². The minimum absolute atomic E-state index is 0.0488. The van der Waals surface area contributed by atoms with Crippen LogP contribution in [0.1, 0.15) is 39.4 Å². The van der Waals surface area contributed by atoms with Crippen molar-refractivity contribution in [1.82, 2.24) is 9.88 Å². The summed E-state index contributed by atoms with van der Waals surface area (Å²) in [5.41, 5.74) is 0.622. The molecule has 2 aromatic heterocycles. The molecule has 0 amide bonds. The molecule has 0 radical (unpaired) electrons. The average Bonchev–Trinajstić information content (AvgIpc) is 3.31. The summed E-state index contributed by atoms with van der Waals surface area (Å²) in [6, 6.07) is 3.52. The van der Waals surface area contributed by atoms with Crippen LogP contribution in [-0.2, 0) is 0 Å². The van der Waals surface area contributed by atoms with Gasteiger partial charge in [-0.05, 0) is 38.1 Å². The fraction of sp³-hybridized carbons (Fsp3) is 0.412. The lowest BCUT2D eigenvalue weighted by Crippen LogP contribution is -2.28. The first-order valence-electron chi connectivity index (χ1n) is 8.10. The molecule has 4 rings (SSSR count). The van der Waals surface area contributed by atoms with Gasteiger partial charge in [-0.2, -0.15) is 0 Å². The molecule has 6 nitrogen and oxygen atoms in total. The summed E-state index contributed by atoms with van der Waals surface area (Å²) in [5.74, 6) is 0.266. The van der Waals surface area contributed by atoms with Crippen molar-refractivity contribution in [2.75, 3.05) is 26.2 Å². The predicted octanol–water partition coefficient (Wildman–Crippen LogP) is 2.71. The van der Waals surface area contributed by atoms with E-state index in [1.807, 2.05) is 0 Å². The molecule has 124 valence electrons. The molecule has 7 heteroatoms. The van der Waals surface area contributed by atoms with Crippen LogP contribution >= 0.6 is 11.3 Å². The van der Waals surface area contributed by atoms with Gasteiger partial charge in [0.2, 0.25) is 5.78 Å². The summed E-state index contributed by atoms with van der Waals surface area (Å²) in [4.78, 5) is 36.4. The van der Waals surface area contributed by atoms with Crippen molar-refractivity contribution in [1.29, 1.82) is 0 Å². The SMILES string of the molecule is O=C1CC(=NCCN2CCCC2)C(=O)c2sc(-c3ccco3)nc21. The topological polar surface area (TPSA) is 75.8 Å². The number of hydrogen-bond donors (Lipinski definition) is 0. The number of fused-ring (bicyclic) bond motifs is 1. The monoisotopic (exact) mass is 343 g/mol. The number of nitrogens with zero attached hydrogens (tertiary/aromatic N) is 3. The van der Waals surface area contributed by atoms with E-state index in [1.165, 1.54) is 24.2 Å². The van der Waals surface area contributed by atoms with E-state index in [0.29, 0.717) is 27.9 Å². The van der Waals surface area contributed by atoms with Crippen LogP contribution in [0.4, 0.5) is 0 Å². The number of hydrogen-bond acceptors (Lipinski definition) is 7. The second-order valence-electron chi connectivity index (χ2n) is 5.98. The molecule has 1 saturated heterocycles. The van der Waals surface area contributed by atoms with Gasteiger partial charge in [-0.15, -0.1) is 11.3 Å². The molecule has 2 aliphatic rings.